The minimum Gasteiger partial charge on any atom is -0.351 e. The minimum atomic E-state index is -1.03. The van der Waals surface area contributed by atoms with Crippen molar-refractivity contribution in [1.29, 1.82) is 0 Å². The predicted octanol–water partition coefficient (Wildman–Crippen LogP) is 0.564. The van der Waals surface area contributed by atoms with E-state index in [-0.39, 0.29) is 36.0 Å². The summed E-state index contributed by atoms with van der Waals surface area (Å²) in [5.41, 5.74) is -0.374. The van der Waals surface area contributed by atoms with Gasteiger partial charge in [-0.25, -0.2) is 0 Å². The normalized spacial score (nSPS) is 25.5. The van der Waals surface area contributed by atoms with Crippen LogP contribution in [0.15, 0.2) is 6.07 Å². The van der Waals surface area contributed by atoms with Crippen LogP contribution in [0.5, 0.6) is 0 Å². The molecule has 9 heteroatoms. The third kappa shape index (κ3) is 3.59. The predicted molar refractivity (Wildman–Crippen MR) is 111 cm³/mol. The lowest BCUT2D eigenvalue weighted by Crippen LogP contribution is -2.64. The Kier molecular flexibility index (Phi) is 5.57. The zero-order valence-corrected chi connectivity index (χ0v) is 18.2. The number of nitrogens with one attached hydrogen (secondary N) is 1. The van der Waals surface area contributed by atoms with Crippen LogP contribution < -0.4 is 5.32 Å². The average molecular weight is 417 g/mol. The Morgan fingerprint density at radius 2 is 1.87 bits per heavy atom. The van der Waals surface area contributed by atoms with E-state index in [2.05, 4.69) is 15.3 Å². The molecule has 3 amide bonds. The molecule has 0 unspecified atom stereocenters. The molecule has 0 bridgehead atoms. The van der Waals surface area contributed by atoms with Crippen LogP contribution in [-0.4, -0.2) is 93.6 Å². The van der Waals surface area contributed by atoms with Crippen LogP contribution in [0, 0.1) is 0 Å². The van der Waals surface area contributed by atoms with Crippen molar-refractivity contribution in [3.8, 4) is 0 Å². The van der Waals surface area contributed by atoms with Gasteiger partial charge in [0.15, 0.2) is 5.69 Å². The number of aromatic nitrogens is 2. The molecule has 1 N–H and O–H groups in total. The first-order valence-corrected chi connectivity index (χ1v) is 11.0. The Labute approximate surface area is 177 Å². The number of hydrogen-bond acceptors (Lipinski definition) is 5. The van der Waals surface area contributed by atoms with Crippen molar-refractivity contribution in [2.45, 2.75) is 57.7 Å². The zero-order chi connectivity index (χ0) is 21.5. The summed E-state index contributed by atoms with van der Waals surface area (Å²) in [5.74, 6) is -0.548. The Bertz CT molecular complexity index is 838. The quantitative estimate of drug-likeness (QED) is 0.775. The second-order valence-electron chi connectivity index (χ2n) is 8.95. The van der Waals surface area contributed by atoms with Gasteiger partial charge in [-0.05, 0) is 33.7 Å². The van der Waals surface area contributed by atoms with Crippen molar-refractivity contribution >= 4 is 17.7 Å². The number of piperazine rings is 1. The first-order valence-electron chi connectivity index (χ1n) is 11.0. The molecule has 1 saturated carbocycles. The number of amides is 3. The summed E-state index contributed by atoms with van der Waals surface area (Å²) in [5, 5.41) is 7.59. The molecule has 0 aromatic carbocycles. The van der Waals surface area contributed by atoms with E-state index in [9.17, 15) is 14.4 Å². The van der Waals surface area contributed by atoms with Crippen molar-refractivity contribution in [1.82, 2.24) is 29.8 Å². The molecule has 1 aliphatic carbocycles. The zero-order valence-electron chi connectivity index (χ0n) is 18.2. The second kappa shape index (κ2) is 8.02. The van der Waals surface area contributed by atoms with Gasteiger partial charge in [-0.2, -0.15) is 5.10 Å². The van der Waals surface area contributed by atoms with E-state index in [0.29, 0.717) is 25.3 Å². The molecule has 2 fully saturated rings. The topological polar surface area (TPSA) is 90.8 Å². The van der Waals surface area contributed by atoms with Gasteiger partial charge in [0.2, 0.25) is 5.91 Å². The van der Waals surface area contributed by atoms with Gasteiger partial charge >= 0.3 is 0 Å². The van der Waals surface area contributed by atoms with Crippen molar-refractivity contribution in [2.75, 3.05) is 39.8 Å². The summed E-state index contributed by atoms with van der Waals surface area (Å²) in [6.45, 7) is 7.27. The molecular weight excluding hydrogens is 384 g/mol. The van der Waals surface area contributed by atoms with E-state index in [4.69, 9.17) is 0 Å². The summed E-state index contributed by atoms with van der Waals surface area (Å²) in [6, 6.07) is 1.76. The summed E-state index contributed by atoms with van der Waals surface area (Å²) < 4.78 is 1.55. The molecule has 3 aliphatic rings. The minimum absolute atomic E-state index is 0.141. The second-order valence-corrected chi connectivity index (χ2v) is 8.95. The van der Waals surface area contributed by atoms with Crippen LogP contribution >= 0.6 is 0 Å². The Morgan fingerprint density at radius 1 is 1.20 bits per heavy atom. The number of hydrogen-bond donors (Lipinski definition) is 1. The Morgan fingerprint density at radius 3 is 2.50 bits per heavy atom. The van der Waals surface area contributed by atoms with Gasteiger partial charge in [0.1, 0.15) is 11.2 Å². The van der Waals surface area contributed by atoms with E-state index >= 15 is 0 Å². The standard InChI is InChI=1S/C21H32N6O3/c1-4-26-19(29)17-13-16(18(28)25-11-9-24(3)10-12-25)23-27(17)14-21(26,2)20(30)22-15-7-5-6-8-15/h13,15H,4-12,14H2,1-3H3,(H,22,30)/t21-/m0/s1. The monoisotopic (exact) mass is 416 g/mol. The van der Waals surface area contributed by atoms with Crippen molar-refractivity contribution < 1.29 is 14.4 Å². The molecule has 4 rings (SSSR count). The largest absolute Gasteiger partial charge is 0.351 e. The highest BCUT2D eigenvalue weighted by Gasteiger charge is 2.48. The number of fused-ring (bicyclic) bond motifs is 1. The van der Waals surface area contributed by atoms with Crippen molar-refractivity contribution in [3.63, 3.8) is 0 Å². The van der Waals surface area contributed by atoms with Gasteiger partial charge in [-0.3, -0.25) is 19.1 Å². The fourth-order valence-electron chi connectivity index (χ4n) is 4.82. The maximum atomic E-state index is 13.2. The van der Waals surface area contributed by atoms with Crippen LogP contribution in [0.25, 0.3) is 0 Å². The SMILES string of the molecule is CCN1C(=O)c2cc(C(=O)N3CCN(C)CC3)nn2C[C@@]1(C)C(=O)NC1CCCC1. The molecule has 164 valence electrons. The number of carbonyl (C=O) groups is 3. The van der Waals surface area contributed by atoms with Gasteiger partial charge in [-0.15, -0.1) is 0 Å². The maximum absolute atomic E-state index is 13.2. The van der Waals surface area contributed by atoms with Crippen LogP contribution in [0.3, 0.4) is 0 Å². The molecule has 1 aromatic heterocycles. The molecule has 1 saturated heterocycles. The lowest BCUT2D eigenvalue weighted by Gasteiger charge is -2.43. The fraction of sp³-hybridized carbons (Fsp3) is 0.714. The third-order valence-corrected chi connectivity index (χ3v) is 6.80. The number of nitrogens with zero attached hydrogens (tertiary/aromatic N) is 5. The van der Waals surface area contributed by atoms with Crippen molar-refractivity contribution in [2.24, 2.45) is 0 Å². The highest BCUT2D eigenvalue weighted by molar-refractivity contribution is 6.02. The Hall–Kier alpha value is -2.42. The van der Waals surface area contributed by atoms with E-state index in [1.165, 1.54) is 0 Å². The van der Waals surface area contributed by atoms with E-state index in [1.54, 1.807) is 27.5 Å². The molecule has 1 atom stereocenters. The highest BCUT2D eigenvalue weighted by Crippen LogP contribution is 2.29. The van der Waals surface area contributed by atoms with Crippen molar-refractivity contribution in [3.05, 3.63) is 17.5 Å². The molecule has 1 aromatic rings. The molecule has 2 aliphatic heterocycles. The number of rotatable bonds is 4. The first-order chi connectivity index (χ1) is 14.3. The number of carbonyl (C=O) groups excluding carboxylic acids is 3. The summed E-state index contributed by atoms with van der Waals surface area (Å²) in [7, 11) is 2.03. The lowest BCUT2D eigenvalue weighted by molar-refractivity contribution is -0.133. The van der Waals surface area contributed by atoms with E-state index in [1.807, 2.05) is 14.0 Å². The third-order valence-electron chi connectivity index (χ3n) is 6.80. The fourth-order valence-corrected chi connectivity index (χ4v) is 4.82. The van der Waals surface area contributed by atoms with Crippen LogP contribution in [-0.2, 0) is 11.3 Å². The van der Waals surface area contributed by atoms with Crippen LogP contribution in [0.1, 0.15) is 60.5 Å². The van der Waals surface area contributed by atoms with E-state index < -0.39 is 5.54 Å². The highest BCUT2D eigenvalue weighted by atomic mass is 16.2. The molecule has 0 spiro atoms. The van der Waals surface area contributed by atoms with Gasteiger partial charge in [-0.1, -0.05) is 12.8 Å². The van der Waals surface area contributed by atoms with Crippen LogP contribution in [0.4, 0.5) is 0 Å². The summed E-state index contributed by atoms with van der Waals surface area (Å²) in [6.07, 6.45) is 4.22. The number of likely N-dealkylation sites (N-methyl/N-ethyl adjacent to an activating group) is 2. The summed E-state index contributed by atoms with van der Waals surface area (Å²) in [4.78, 5) is 44.9. The maximum Gasteiger partial charge on any atom is 0.274 e. The van der Waals surface area contributed by atoms with Gasteiger partial charge in [0.05, 0.1) is 6.54 Å². The van der Waals surface area contributed by atoms with Crippen LogP contribution in [0.2, 0.25) is 0 Å². The molecule has 30 heavy (non-hydrogen) atoms. The lowest BCUT2D eigenvalue weighted by atomic mass is 9.94. The Balaban J connectivity index is 1.57. The van der Waals surface area contributed by atoms with E-state index in [0.717, 1.165) is 38.8 Å². The van der Waals surface area contributed by atoms with Gasteiger partial charge in [0, 0.05) is 44.8 Å². The first kappa shape index (κ1) is 20.8. The van der Waals surface area contributed by atoms with Gasteiger partial charge < -0.3 is 20.0 Å². The molecular formula is C21H32N6O3. The molecule has 3 heterocycles. The molecule has 0 radical (unpaired) electrons. The molecule has 9 nitrogen and oxygen atoms in total. The average Bonchev–Trinajstić information content (AvgIpc) is 3.38. The summed E-state index contributed by atoms with van der Waals surface area (Å²) >= 11 is 0. The smallest absolute Gasteiger partial charge is 0.274 e. The van der Waals surface area contributed by atoms with Gasteiger partial charge in [0.25, 0.3) is 11.8 Å².